The Morgan fingerprint density at radius 1 is 1.42 bits per heavy atom. The molecule has 0 aliphatic rings. The van der Waals surface area contributed by atoms with Gasteiger partial charge < -0.3 is 20.5 Å². The van der Waals surface area contributed by atoms with Crippen LogP contribution in [0.25, 0.3) is 0 Å². The molecule has 9 nitrogen and oxygen atoms in total. The van der Waals surface area contributed by atoms with Gasteiger partial charge in [0, 0.05) is 19.0 Å². The van der Waals surface area contributed by atoms with Gasteiger partial charge in [0.2, 0.25) is 11.7 Å². The first-order chi connectivity index (χ1) is 11.3. The zero-order valence-electron chi connectivity index (χ0n) is 12.9. The van der Waals surface area contributed by atoms with Gasteiger partial charge >= 0.3 is 11.8 Å². The molecule has 0 radical (unpaired) electrons. The third-order valence-electron chi connectivity index (χ3n) is 3.30. The van der Waals surface area contributed by atoms with E-state index in [-0.39, 0.29) is 24.7 Å². The molecule has 2 N–H and O–H groups in total. The fourth-order valence-electron chi connectivity index (χ4n) is 2.15. The fourth-order valence-corrected chi connectivity index (χ4v) is 2.15. The molecule has 0 atom stereocenters. The van der Waals surface area contributed by atoms with E-state index in [9.17, 15) is 19.7 Å². The number of carboxylic acid groups (broad SMARTS) is 1. The number of aliphatic carboxylic acids is 1. The molecular weight excluding hydrogens is 316 g/mol. The Hall–Kier alpha value is -3.23. The second-order valence-electron chi connectivity index (χ2n) is 5.17. The number of carbonyl (C=O) groups excluding carboxylic acids is 1. The van der Waals surface area contributed by atoms with Crippen LogP contribution in [-0.4, -0.2) is 31.5 Å². The summed E-state index contributed by atoms with van der Waals surface area (Å²) in [6, 6.07) is 6.89. The van der Waals surface area contributed by atoms with Crippen molar-refractivity contribution in [1.82, 2.24) is 9.55 Å². The summed E-state index contributed by atoms with van der Waals surface area (Å²) in [6.45, 7) is 1.47. The molecule has 1 amide bonds. The summed E-state index contributed by atoms with van der Waals surface area (Å²) in [5, 5.41) is 22.1. The summed E-state index contributed by atoms with van der Waals surface area (Å²) >= 11 is 0. The molecule has 2 rings (SSSR count). The second kappa shape index (κ2) is 7.36. The Kier molecular flexibility index (Phi) is 5.25. The summed E-state index contributed by atoms with van der Waals surface area (Å²) < 4.78 is 1.39. The van der Waals surface area contributed by atoms with Gasteiger partial charge in [-0.25, -0.2) is 0 Å². The van der Waals surface area contributed by atoms with E-state index in [1.165, 1.54) is 10.8 Å². The summed E-state index contributed by atoms with van der Waals surface area (Å²) in [6.07, 6.45) is 1.58. The van der Waals surface area contributed by atoms with Crippen molar-refractivity contribution in [3.8, 4) is 0 Å². The zero-order chi connectivity index (χ0) is 17.7. The number of rotatable bonds is 7. The monoisotopic (exact) mass is 332 g/mol. The van der Waals surface area contributed by atoms with E-state index < -0.39 is 10.9 Å². The van der Waals surface area contributed by atoms with Crippen LogP contribution in [0.2, 0.25) is 0 Å². The molecule has 1 aromatic carbocycles. The Bertz CT molecular complexity index is 784. The minimum atomic E-state index is -0.887. The number of nitrogens with zero attached hydrogens (tertiary/aromatic N) is 3. The number of carboxylic acids is 1. The number of aromatic nitrogens is 2. The van der Waals surface area contributed by atoms with Gasteiger partial charge in [-0.15, -0.1) is 0 Å². The molecule has 0 bridgehead atoms. The van der Waals surface area contributed by atoms with Crippen LogP contribution in [0.15, 0.2) is 30.5 Å². The normalized spacial score (nSPS) is 10.4. The third-order valence-corrected chi connectivity index (χ3v) is 3.30. The molecular formula is C15H16N4O5. The van der Waals surface area contributed by atoms with Gasteiger partial charge in [0.05, 0.1) is 0 Å². The number of carbonyl (C=O) groups is 2. The molecule has 0 saturated carbocycles. The maximum atomic E-state index is 12.1. The van der Waals surface area contributed by atoms with Crippen LogP contribution in [0.5, 0.6) is 0 Å². The van der Waals surface area contributed by atoms with Crippen LogP contribution in [0.1, 0.15) is 17.8 Å². The zero-order valence-corrected chi connectivity index (χ0v) is 12.9. The van der Waals surface area contributed by atoms with E-state index in [0.29, 0.717) is 17.9 Å². The lowest BCUT2D eigenvalue weighted by Crippen LogP contribution is -2.19. The summed E-state index contributed by atoms with van der Waals surface area (Å²) in [5.74, 6) is -1.19. The molecule has 1 aromatic heterocycles. The second-order valence-corrected chi connectivity index (χ2v) is 5.17. The molecule has 0 unspecified atom stereocenters. The van der Waals surface area contributed by atoms with Gasteiger partial charge in [-0.05, 0) is 34.0 Å². The van der Waals surface area contributed by atoms with E-state index in [1.54, 1.807) is 31.2 Å². The van der Waals surface area contributed by atoms with Crippen LogP contribution in [0.3, 0.4) is 0 Å². The third kappa shape index (κ3) is 4.63. The summed E-state index contributed by atoms with van der Waals surface area (Å²) in [7, 11) is 0. The largest absolute Gasteiger partial charge is 0.481 e. The van der Waals surface area contributed by atoms with Gasteiger partial charge in [-0.3, -0.25) is 14.2 Å². The molecule has 0 aliphatic heterocycles. The highest BCUT2D eigenvalue weighted by Gasteiger charge is 2.17. The van der Waals surface area contributed by atoms with Gasteiger partial charge in [-0.2, -0.15) is 0 Å². The van der Waals surface area contributed by atoms with Crippen LogP contribution >= 0.6 is 0 Å². The molecule has 126 valence electrons. The highest BCUT2D eigenvalue weighted by molar-refractivity contribution is 5.90. The number of anilines is 1. The Labute approximate surface area is 137 Å². The van der Waals surface area contributed by atoms with E-state index in [1.807, 2.05) is 0 Å². The molecule has 24 heavy (non-hydrogen) atoms. The van der Waals surface area contributed by atoms with Gasteiger partial charge in [0.25, 0.3) is 0 Å². The van der Waals surface area contributed by atoms with Crippen LogP contribution in [0, 0.1) is 17.0 Å². The van der Waals surface area contributed by atoms with Gasteiger partial charge in [0.1, 0.15) is 12.7 Å². The van der Waals surface area contributed by atoms with Crippen molar-refractivity contribution >= 4 is 23.4 Å². The number of hydrogen-bond acceptors (Lipinski definition) is 5. The lowest BCUT2D eigenvalue weighted by atomic mass is 10.1. The standard InChI is InChI=1S/C15H16N4O5/c1-10-16-13(19(23)24)8-18(10)9-14(20)17-12-4-2-3-11(7-12)5-6-15(21)22/h2-4,7-8H,5-6,9H2,1H3,(H,17,20)(H,21,22). The van der Waals surface area contributed by atoms with Crippen molar-refractivity contribution in [3.05, 3.63) is 52.0 Å². The summed E-state index contributed by atoms with van der Waals surface area (Å²) in [5.41, 5.74) is 1.33. The number of amides is 1. The number of imidazole rings is 1. The molecule has 0 saturated heterocycles. The first-order valence-electron chi connectivity index (χ1n) is 7.14. The highest BCUT2D eigenvalue weighted by Crippen LogP contribution is 2.14. The van der Waals surface area contributed by atoms with Crippen LogP contribution in [0.4, 0.5) is 11.5 Å². The Balaban J connectivity index is 2.00. The average Bonchev–Trinajstić information content (AvgIpc) is 2.87. The molecule has 9 heteroatoms. The van der Waals surface area contributed by atoms with Crippen molar-refractivity contribution in [1.29, 1.82) is 0 Å². The van der Waals surface area contributed by atoms with Crippen molar-refractivity contribution in [3.63, 3.8) is 0 Å². The predicted octanol–water partition coefficient (Wildman–Crippen LogP) is 1.76. The number of hydrogen-bond donors (Lipinski definition) is 2. The van der Waals surface area contributed by atoms with Crippen molar-refractivity contribution in [2.45, 2.75) is 26.3 Å². The topological polar surface area (TPSA) is 127 Å². The average molecular weight is 332 g/mol. The van der Waals surface area contributed by atoms with Crippen LogP contribution < -0.4 is 5.32 Å². The lowest BCUT2D eigenvalue weighted by Gasteiger charge is -2.07. The van der Waals surface area contributed by atoms with E-state index >= 15 is 0 Å². The molecule has 0 spiro atoms. The van der Waals surface area contributed by atoms with E-state index in [4.69, 9.17) is 5.11 Å². The predicted molar refractivity (Wildman–Crippen MR) is 84.6 cm³/mol. The maximum absolute atomic E-state index is 12.1. The first kappa shape index (κ1) is 17.1. The molecule has 0 aliphatic carbocycles. The Morgan fingerprint density at radius 3 is 2.79 bits per heavy atom. The van der Waals surface area contributed by atoms with E-state index in [0.717, 1.165) is 5.56 Å². The minimum absolute atomic E-state index is 0.00922. The van der Waals surface area contributed by atoms with Gasteiger partial charge in [-0.1, -0.05) is 12.1 Å². The van der Waals surface area contributed by atoms with Crippen molar-refractivity contribution in [2.75, 3.05) is 5.32 Å². The van der Waals surface area contributed by atoms with Crippen molar-refractivity contribution in [2.24, 2.45) is 0 Å². The van der Waals surface area contributed by atoms with Crippen molar-refractivity contribution < 1.29 is 19.6 Å². The SMILES string of the molecule is Cc1nc([N+](=O)[O-])cn1CC(=O)Nc1cccc(CCC(=O)O)c1. The first-order valence-corrected chi connectivity index (χ1v) is 7.14. The highest BCUT2D eigenvalue weighted by atomic mass is 16.6. The maximum Gasteiger partial charge on any atom is 0.381 e. The molecule has 2 aromatic rings. The minimum Gasteiger partial charge on any atom is -0.481 e. The Morgan fingerprint density at radius 2 is 2.17 bits per heavy atom. The number of aryl methyl sites for hydroxylation is 2. The van der Waals surface area contributed by atoms with E-state index in [2.05, 4.69) is 10.3 Å². The summed E-state index contributed by atoms with van der Waals surface area (Å²) in [4.78, 5) is 36.5. The molecule has 1 heterocycles. The quantitative estimate of drug-likeness (QED) is 0.587. The van der Waals surface area contributed by atoms with Crippen LogP contribution in [-0.2, 0) is 22.6 Å². The smallest absolute Gasteiger partial charge is 0.381 e. The number of benzene rings is 1. The number of nitrogens with one attached hydrogen (secondary N) is 1. The molecule has 0 fully saturated rings. The van der Waals surface area contributed by atoms with Gasteiger partial charge in [0.15, 0.2) is 0 Å². The fraction of sp³-hybridized carbons (Fsp3) is 0.267. The number of nitro groups is 1. The lowest BCUT2D eigenvalue weighted by molar-refractivity contribution is -0.389.